The topological polar surface area (TPSA) is 117 Å². The van der Waals surface area contributed by atoms with E-state index < -0.39 is 29.3 Å². The van der Waals surface area contributed by atoms with Gasteiger partial charge in [-0.15, -0.1) is 0 Å². The van der Waals surface area contributed by atoms with Gasteiger partial charge in [0.2, 0.25) is 17.7 Å². The van der Waals surface area contributed by atoms with Crippen molar-refractivity contribution in [3.8, 4) is 11.8 Å². The van der Waals surface area contributed by atoms with Gasteiger partial charge in [-0.2, -0.15) is 9.97 Å². The van der Waals surface area contributed by atoms with Gasteiger partial charge >= 0.3 is 5.97 Å². The molecular formula is C17H19N3O6S. The summed E-state index contributed by atoms with van der Waals surface area (Å²) in [6, 6.07) is 7.84. The highest BCUT2D eigenvalue weighted by atomic mass is 32.2. The van der Waals surface area contributed by atoms with Crippen molar-refractivity contribution in [1.82, 2.24) is 9.97 Å². The zero-order valence-corrected chi connectivity index (χ0v) is 15.9. The van der Waals surface area contributed by atoms with E-state index in [9.17, 15) is 13.8 Å². The molecule has 2 aromatic rings. The van der Waals surface area contributed by atoms with Gasteiger partial charge in [0.25, 0.3) is 5.91 Å². The standard InChI is InChI=1S/C17H19N3O6S/c1-4-27(23)12-8-6-5-7-11(12)16(22)26-10-13(21)18-17-19-14(24-2)9-15(20-17)25-3/h5-9H,4,10H2,1-3H3,(H,18,19,20,21)/t27-/m1/s1. The maximum absolute atomic E-state index is 12.2. The number of nitrogens with zero attached hydrogens (tertiary/aromatic N) is 2. The molecule has 1 aromatic carbocycles. The molecule has 1 N–H and O–H groups in total. The van der Waals surface area contributed by atoms with Crippen LogP contribution in [-0.2, 0) is 20.3 Å². The number of methoxy groups -OCH3 is 2. The van der Waals surface area contributed by atoms with Gasteiger partial charge in [0.05, 0.1) is 41.5 Å². The first-order valence-electron chi connectivity index (χ1n) is 7.90. The molecule has 0 radical (unpaired) electrons. The molecule has 1 amide bonds. The number of hydrogen-bond donors (Lipinski definition) is 1. The van der Waals surface area contributed by atoms with Crippen molar-refractivity contribution < 1.29 is 28.0 Å². The molecule has 0 saturated carbocycles. The van der Waals surface area contributed by atoms with Crippen molar-refractivity contribution in [2.75, 3.05) is 31.9 Å². The van der Waals surface area contributed by atoms with Crippen LogP contribution in [0.3, 0.4) is 0 Å². The van der Waals surface area contributed by atoms with Gasteiger partial charge in [-0.05, 0) is 12.1 Å². The van der Waals surface area contributed by atoms with Crippen LogP contribution in [0, 0.1) is 0 Å². The third-order valence-corrected chi connectivity index (χ3v) is 4.67. The Hall–Kier alpha value is -3.01. The van der Waals surface area contributed by atoms with Gasteiger partial charge in [-0.3, -0.25) is 14.3 Å². The Balaban J connectivity index is 2.02. The molecule has 1 heterocycles. The molecule has 0 saturated heterocycles. The van der Waals surface area contributed by atoms with Crippen LogP contribution in [0.15, 0.2) is 35.2 Å². The van der Waals surface area contributed by atoms with E-state index in [0.717, 1.165) is 0 Å². The fourth-order valence-corrected chi connectivity index (χ4v) is 2.97. The average molecular weight is 393 g/mol. The van der Waals surface area contributed by atoms with Crippen molar-refractivity contribution in [2.24, 2.45) is 0 Å². The van der Waals surface area contributed by atoms with Gasteiger partial charge in [-0.25, -0.2) is 4.79 Å². The number of rotatable bonds is 8. The maximum atomic E-state index is 12.2. The minimum atomic E-state index is -1.32. The van der Waals surface area contributed by atoms with E-state index in [1.54, 1.807) is 25.1 Å². The Morgan fingerprint density at radius 1 is 1.11 bits per heavy atom. The number of amides is 1. The fraction of sp³-hybridized carbons (Fsp3) is 0.294. The molecule has 10 heteroatoms. The van der Waals surface area contributed by atoms with Gasteiger partial charge < -0.3 is 14.2 Å². The fourth-order valence-electron chi connectivity index (χ4n) is 2.03. The Bertz CT molecular complexity index is 836. The summed E-state index contributed by atoms with van der Waals surface area (Å²) < 4.78 is 27.0. The van der Waals surface area contributed by atoms with Crippen LogP contribution >= 0.6 is 0 Å². The molecule has 0 spiro atoms. The zero-order chi connectivity index (χ0) is 19.8. The summed E-state index contributed by atoms with van der Waals surface area (Å²) in [6.07, 6.45) is 0. The summed E-state index contributed by atoms with van der Waals surface area (Å²) in [7, 11) is 1.49. The monoisotopic (exact) mass is 393 g/mol. The summed E-state index contributed by atoms with van der Waals surface area (Å²) in [4.78, 5) is 32.5. The number of ether oxygens (including phenoxy) is 3. The SMILES string of the molecule is CC[S@@](=O)c1ccccc1C(=O)OCC(=O)Nc1nc(OC)cc(OC)n1. The summed E-state index contributed by atoms with van der Waals surface area (Å²) in [6.45, 7) is 1.18. The second-order valence-electron chi connectivity index (χ2n) is 5.03. The predicted octanol–water partition coefficient (Wildman–Crippen LogP) is 1.42. The largest absolute Gasteiger partial charge is 0.481 e. The van der Waals surface area contributed by atoms with Crippen LogP contribution < -0.4 is 14.8 Å². The first-order chi connectivity index (χ1) is 13.0. The highest BCUT2D eigenvalue weighted by Crippen LogP contribution is 2.17. The molecule has 0 unspecified atom stereocenters. The Kier molecular flexibility index (Phi) is 7.24. The van der Waals surface area contributed by atoms with Crippen LogP contribution in [0.2, 0.25) is 0 Å². The Labute approximate surface area is 158 Å². The third-order valence-electron chi connectivity index (χ3n) is 3.30. The Morgan fingerprint density at radius 2 is 1.74 bits per heavy atom. The highest BCUT2D eigenvalue weighted by molar-refractivity contribution is 7.85. The maximum Gasteiger partial charge on any atom is 0.339 e. The Morgan fingerprint density at radius 3 is 2.33 bits per heavy atom. The second-order valence-corrected chi connectivity index (χ2v) is 6.74. The smallest absolute Gasteiger partial charge is 0.339 e. The molecule has 144 valence electrons. The molecule has 27 heavy (non-hydrogen) atoms. The molecule has 1 atom stereocenters. The minimum absolute atomic E-state index is 0.0558. The van der Waals surface area contributed by atoms with Gasteiger partial charge in [0.15, 0.2) is 6.61 Å². The van der Waals surface area contributed by atoms with E-state index in [1.165, 1.54) is 26.4 Å². The van der Waals surface area contributed by atoms with Crippen molar-refractivity contribution in [2.45, 2.75) is 11.8 Å². The van der Waals surface area contributed by atoms with Gasteiger partial charge in [0.1, 0.15) is 0 Å². The van der Waals surface area contributed by atoms with E-state index in [2.05, 4.69) is 15.3 Å². The molecule has 0 aliphatic carbocycles. The van der Waals surface area contributed by atoms with E-state index >= 15 is 0 Å². The quantitative estimate of drug-likeness (QED) is 0.669. The minimum Gasteiger partial charge on any atom is -0.481 e. The summed E-state index contributed by atoms with van der Waals surface area (Å²) >= 11 is 0. The number of hydrogen-bond acceptors (Lipinski definition) is 8. The highest BCUT2D eigenvalue weighted by Gasteiger charge is 2.17. The van der Waals surface area contributed by atoms with Crippen molar-refractivity contribution >= 4 is 28.6 Å². The first kappa shape index (κ1) is 20.3. The normalized spacial score (nSPS) is 11.4. The number of carbonyl (C=O) groups is 2. The van der Waals surface area contributed by atoms with Crippen molar-refractivity contribution in [3.63, 3.8) is 0 Å². The number of esters is 1. The predicted molar refractivity (Wildman–Crippen MR) is 97.4 cm³/mol. The molecule has 0 aliphatic heterocycles. The lowest BCUT2D eigenvalue weighted by Crippen LogP contribution is -2.22. The third kappa shape index (κ3) is 5.48. The number of benzene rings is 1. The average Bonchev–Trinajstić information content (AvgIpc) is 2.70. The van der Waals surface area contributed by atoms with E-state index in [-0.39, 0.29) is 23.3 Å². The molecule has 0 bridgehead atoms. The summed E-state index contributed by atoms with van der Waals surface area (Å²) in [5.74, 6) is -0.686. The van der Waals surface area contributed by atoms with Crippen LogP contribution in [0.25, 0.3) is 0 Å². The van der Waals surface area contributed by atoms with Crippen molar-refractivity contribution in [1.29, 1.82) is 0 Å². The first-order valence-corrected chi connectivity index (χ1v) is 9.21. The number of nitrogens with one attached hydrogen (secondary N) is 1. The molecule has 0 fully saturated rings. The number of anilines is 1. The molecular weight excluding hydrogens is 374 g/mol. The lowest BCUT2D eigenvalue weighted by Gasteiger charge is -2.09. The van der Waals surface area contributed by atoms with Crippen LogP contribution in [0.1, 0.15) is 17.3 Å². The molecule has 9 nitrogen and oxygen atoms in total. The van der Waals surface area contributed by atoms with Gasteiger partial charge in [0, 0.05) is 5.75 Å². The zero-order valence-electron chi connectivity index (χ0n) is 15.1. The molecule has 1 aromatic heterocycles. The van der Waals surface area contributed by atoms with Crippen LogP contribution in [-0.4, -0.2) is 52.6 Å². The van der Waals surface area contributed by atoms with Gasteiger partial charge in [-0.1, -0.05) is 19.1 Å². The van der Waals surface area contributed by atoms with E-state index in [0.29, 0.717) is 10.6 Å². The number of aromatic nitrogens is 2. The second kappa shape index (κ2) is 9.62. The van der Waals surface area contributed by atoms with E-state index in [4.69, 9.17) is 14.2 Å². The molecule has 2 rings (SSSR count). The summed E-state index contributed by atoms with van der Waals surface area (Å²) in [5, 5.41) is 2.39. The lowest BCUT2D eigenvalue weighted by molar-refractivity contribution is -0.119. The van der Waals surface area contributed by atoms with E-state index in [1.807, 2.05) is 0 Å². The number of carbonyl (C=O) groups excluding carboxylic acids is 2. The molecule has 0 aliphatic rings. The van der Waals surface area contributed by atoms with Crippen molar-refractivity contribution in [3.05, 3.63) is 35.9 Å². The summed E-state index contributed by atoms with van der Waals surface area (Å²) in [5.41, 5.74) is 0.157. The lowest BCUT2D eigenvalue weighted by atomic mass is 10.2. The van der Waals surface area contributed by atoms with Crippen LogP contribution in [0.4, 0.5) is 5.95 Å². The van der Waals surface area contributed by atoms with Crippen LogP contribution in [0.5, 0.6) is 11.8 Å².